The van der Waals surface area contributed by atoms with Crippen LogP contribution in [0.1, 0.15) is 26.3 Å². The van der Waals surface area contributed by atoms with E-state index in [9.17, 15) is 19.5 Å². The minimum absolute atomic E-state index is 0.00683. The number of nitrogens with one attached hydrogen (secondary N) is 2. The number of carbonyl (C=O) groups excluding carboxylic acids is 2. The lowest BCUT2D eigenvalue weighted by Crippen LogP contribution is -2.37. The Kier molecular flexibility index (Phi) is 7.82. The van der Waals surface area contributed by atoms with Crippen molar-refractivity contribution >= 4 is 46.2 Å². The van der Waals surface area contributed by atoms with Gasteiger partial charge in [0.2, 0.25) is 5.88 Å². The topological polar surface area (TPSA) is 171 Å². The first kappa shape index (κ1) is 30.3. The average Bonchev–Trinajstić information content (AvgIpc) is 3.59. The molecule has 0 spiro atoms. The van der Waals surface area contributed by atoms with Crippen LogP contribution in [0.25, 0.3) is 21.9 Å². The van der Waals surface area contributed by atoms with Gasteiger partial charge >= 0.3 is 18.3 Å². The number of hydrogen-bond donors (Lipinski definition) is 3. The van der Waals surface area contributed by atoms with Crippen LogP contribution in [0, 0.1) is 18.7 Å². The Morgan fingerprint density at radius 1 is 1.07 bits per heavy atom. The maximum absolute atomic E-state index is 16.4. The number of ether oxygens (including phenoxy) is 5. The SMILES string of the molecule is Cc1c(-c2cc3cc(NC(=O)O[C@@H]4CO[C@H]5COC[C@H]54)ncc3c(NC(=O)OC(C)(C)C)c2F)cnc2c1N(C(=O)O)CCO2. The largest absolute Gasteiger partial charge is 0.474 e. The molecule has 6 rings (SSSR count). The third kappa shape index (κ3) is 6.00. The summed E-state index contributed by atoms with van der Waals surface area (Å²) in [5, 5.41) is 15.5. The van der Waals surface area contributed by atoms with E-state index < -0.39 is 35.8 Å². The van der Waals surface area contributed by atoms with Gasteiger partial charge in [0.05, 0.1) is 44.1 Å². The van der Waals surface area contributed by atoms with Gasteiger partial charge < -0.3 is 28.8 Å². The molecule has 45 heavy (non-hydrogen) atoms. The number of rotatable bonds is 4. The molecule has 3 atom stereocenters. The van der Waals surface area contributed by atoms with Crippen molar-refractivity contribution < 1.29 is 47.6 Å². The Morgan fingerprint density at radius 2 is 1.87 bits per heavy atom. The summed E-state index contributed by atoms with van der Waals surface area (Å²) in [4.78, 5) is 47.2. The molecule has 1 aromatic carbocycles. The summed E-state index contributed by atoms with van der Waals surface area (Å²) in [7, 11) is 0. The zero-order valence-corrected chi connectivity index (χ0v) is 25.0. The van der Waals surface area contributed by atoms with Crippen LogP contribution in [0.3, 0.4) is 0 Å². The zero-order valence-electron chi connectivity index (χ0n) is 25.0. The lowest BCUT2D eigenvalue weighted by atomic mass is 9.96. The van der Waals surface area contributed by atoms with Gasteiger partial charge in [-0.05, 0) is 50.8 Å². The minimum Gasteiger partial charge on any atom is -0.474 e. The second-order valence-corrected chi connectivity index (χ2v) is 11.9. The molecule has 0 radical (unpaired) electrons. The Morgan fingerprint density at radius 3 is 2.62 bits per heavy atom. The molecule has 2 saturated heterocycles. The number of halogens is 1. The van der Waals surface area contributed by atoms with Gasteiger partial charge in [0.25, 0.3) is 0 Å². The Labute approximate surface area is 256 Å². The molecule has 3 N–H and O–H groups in total. The van der Waals surface area contributed by atoms with Crippen molar-refractivity contribution in [1.29, 1.82) is 0 Å². The van der Waals surface area contributed by atoms with E-state index in [2.05, 4.69) is 20.6 Å². The van der Waals surface area contributed by atoms with Gasteiger partial charge in [-0.15, -0.1) is 0 Å². The molecule has 0 aliphatic carbocycles. The number of amides is 3. The van der Waals surface area contributed by atoms with Gasteiger partial charge in [-0.1, -0.05) is 0 Å². The van der Waals surface area contributed by atoms with Crippen molar-refractivity contribution in [2.24, 2.45) is 5.92 Å². The highest BCUT2D eigenvalue weighted by molar-refractivity contribution is 6.04. The maximum Gasteiger partial charge on any atom is 0.413 e. The van der Waals surface area contributed by atoms with Crippen molar-refractivity contribution in [3.63, 3.8) is 0 Å². The Bertz CT molecular complexity index is 1690. The quantitative estimate of drug-likeness (QED) is 0.359. The van der Waals surface area contributed by atoms with Crippen molar-refractivity contribution in [3.8, 4) is 17.0 Å². The normalized spacial score (nSPS) is 20.6. The fourth-order valence-corrected chi connectivity index (χ4v) is 5.67. The molecular weight excluding hydrogens is 593 g/mol. The van der Waals surface area contributed by atoms with Crippen LogP contribution < -0.4 is 20.3 Å². The van der Waals surface area contributed by atoms with Crippen molar-refractivity contribution in [2.75, 3.05) is 48.5 Å². The maximum atomic E-state index is 16.4. The number of anilines is 3. The van der Waals surface area contributed by atoms with Gasteiger partial charge in [0.15, 0.2) is 5.82 Å². The van der Waals surface area contributed by atoms with E-state index >= 15 is 4.39 Å². The summed E-state index contributed by atoms with van der Waals surface area (Å²) in [6.45, 7) is 7.99. The van der Waals surface area contributed by atoms with E-state index in [1.54, 1.807) is 27.7 Å². The van der Waals surface area contributed by atoms with Gasteiger partial charge in [-0.2, -0.15) is 0 Å². The number of nitrogens with zero attached hydrogens (tertiary/aromatic N) is 3. The molecule has 2 aromatic heterocycles. The molecule has 2 fully saturated rings. The van der Waals surface area contributed by atoms with Crippen LogP contribution in [0.5, 0.6) is 5.88 Å². The van der Waals surface area contributed by atoms with Gasteiger partial charge in [0, 0.05) is 28.9 Å². The molecule has 15 heteroatoms. The van der Waals surface area contributed by atoms with Gasteiger partial charge in [-0.25, -0.2) is 28.7 Å². The zero-order chi connectivity index (χ0) is 32.0. The van der Waals surface area contributed by atoms with Crippen LogP contribution in [-0.2, 0) is 18.9 Å². The third-order valence-electron chi connectivity index (χ3n) is 7.72. The Hall–Kier alpha value is -4.76. The Balaban J connectivity index is 1.39. The van der Waals surface area contributed by atoms with Crippen LogP contribution >= 0.6 is 0 Å². The third-order valence-corrected chi connectivity index (χ3v) is 7.72. The second-order valence-electron chi connectivity index (χ2n) is 11.9. The summed E-state index contributed by atoms with van der Waals surface area (Å²) in [5.74, 6) is -0.663. The molecule has 3 aliphatic heterocycles. The molecule has 0 unspecified atom stereocenters. The minimum atomic E-state index is -1.21. The molecule has 14 nitrogen and oxygen atoms in total. The van der Waals surface area contributed by atoms with Gasteiger partial charge in [0.1, 0.15) is 29.8 Å². The first-order valence-corrected chi connectivity index (χ1v) is 14.3. The van der Waals surface area contributed by atoms with E-state index in [1.165, 1.54) is 24.5 Å². The van der Waals surface area contributed by atoms with E-state index in [1.807, 2.05) is 0 Å². The molecule has 3 amide bonds. The van der Waals surface area contributed by atoms with Crippen molar-refractivity contribution in [2.45, 2.75) is 45.5 Å². The number of benzene rings is 1. The first-order valence-electron chi connectivity index (χ1n) is 14.3. The van der Waals surface area contributed by atoms with E-state index in [0.717, 1.165) is 4.90 Å². The fourth-order valence-electron chi connectivity index (χ4n) is 5.67. The molecule has 238 valence electrons. The molecule has 0 saturated carbocycles. The molecule has 0 bridgehead atoms. The fraction of sp³-hybridized carbons (Fsp3) is 0.433. The number of carbonyl (C=O) groups is 3. The summed E-state index contributed by atoms with van der Waals surface area (Å²) >= 11 is 0. The highest BCUT2D eigenvalue weighted by Gasteiger charge is 2.43. The van der Waals surface area contributed by atoms with Crippen LogP contribution in [-0.4, -0.2) is 84.1 Å². The standard InChI is InChI=1S/C30H32FN5O9/c1-14-17(9-33-26-25(14)36(29(39)40)5-6-42-26)16-7-15-8-22(34-27(37)44-21-13-43-20-12-41-11-19(20)21)32-10-18(15)24(23(16)31)35-28(38)45-30(2,3)4/h7-10,19-21H,5-6,11-13H2,1-4H3,(H,35,38)(H,39,40)(H,32,34,37)/t19-,20+,21-/m1/s1. The lowest BCUT2D eigenvalue weighted by molar-refractivity contribution is 0.0356. The number of pyridine rings is 2. The second kappa shape index (κ2) is 11.6. The van der Waals surface area contributed by atoms with E-state index in [0.29, 0.717) is 24.2 Å². The van der Waals surface area contributed by atoms with E-state index in [4.69, 9.17) is 23.7 Å². The summed E-state index contributed by atoms with van der Waals surface area (Å²) in [6, 6.07) is 3.00. The monoisotopic (exact) mass is 625 g/mol. The number of aromatic nitrogens is 2. The summed E-state index contributed by atoms with van der Waals surface area (Å²) in [5.41, 5.74) is -0.231. The highest BCUT2D eigenvalue weighted by atomic mass is 19.1. The average molecular weight is 626 g/mol. The highest BCUT2D eigenvalue weighted by Crippen LogP contribution is 2.42. The number of fused-ring (bicyclic) bond motifs is 3. The molecule has 3 aliphatic rings. The van der Waals surface area contributed by atoms with Crippen molar-refractivity contribution in [1.82, 2.24) is 9.97 Å². The number of carboxylic acid groups (broad SMARTS) is 1. The summed E-state index contributed by atoms with van der Waals surface area (Å²) < 4.78 is 43.9. The predicted octanol–water partition coefficient (Wildman–Crippen LogP) is 4.93. The van der Waals surface area contributed by atoms with Crippen LogP contribution in [0.15, 0.2) is 24.5 Å². The molecular formula is C30H32FN5O9. The van der Waals surface area contributed by atoms with Crippen LogP contribution in [0.2, 0.25) is 0 Å². The molecule has 5 heterocycles. The first-order chi connectivity index (χ1) is 21.4. The lowest BCUT2D eigenvalue weighted by Gasteiger charge is -2.29. The predicted molar refractivity (Wildman–Crippen MR) is 158 cm³/mol. The van der Waals surface area contributed by atoms with E-state index in [-0.39, 0.29) is 71.4 Å². The van der Waals surface area contributed by atoms with Crippen LogP contribution in [0.4, 0.5) is 36.0 Å². The number of hydrogen-bond acceptors (Lipinski definition) is 10. The van der Waals surface area contributed by atoms with Crippen molar-refractivity contribution in [3.05, 3.63) is 35.9 Å². The summed E-state index contributed by atoms with van der Waals surface area (Å²) in [6.07, 6.45) is -0.754. The van der Waals surface area contributed by atoms with Gasteiger partial charge in [-0.3, -0.25) is 15.5 Å². The molecule has 3 aromatic rings. The smallest absolute Gasteiger partial charge is 0.413 e.